The van der Waals surface area contributed by atoms with E-state index in [0.29, 0.717) is 6.61 Å². The van der Waals surface area contributed by atoms with E-state index in [4.69, 9.17) is 4.43 Å². The van der Waals surface area contributed by atoms with Gasteiger partial charge in [-0.2, -0.15) is 0 Å². The third-order valence-corrected chi connectivity index (χ3v) is 5.96. The van der Waals surface area contributed by atoms with Crippen LogP contribution in [-0.4, -0.2) is 8.32 Å². The molecule has 3 heteroatoms. The highest BCUT2D eigenvalue weighted by molar-refractivity contribution is 9.10. The highest BCUT2D eigenvalue weighted by Crippen LogP contribution is 2.40. The minimum atomic E-state index is -1.47. The lowest BCUT2D eigenvalue weighted by Gasteiger charge is -2.18. The molecule has 0 amide bonds. The first kappa shape index (κ1) is 16.9. The van der Waals surface area contributed by atoms with E-state index in [9.17, 15) is 0 Å². The lowest BCUT2D eigenvalue weighted by molar-refractivity contribution is 0.299. The Kier molecular flexibility index (Phi) is 5.09. The van der Waals surface area contributed by atoms with Gasteiger partial charge >= 0.3 is 0 Å². The third-order valence-electron chi connectivity index (χ3n) is 4.21. The summed E-state index contributed by atoms with van der Waals surface area (Å²) in [4.78, 5) is 0. The van der Waals surface area contributed by atoms with Crippen molar-refractivity contribution < 1.29 is 4.43 Å². The SMILES string of the molecule is C[Si](C)(C)OCc1ccc(Cc2ccc(C3CC3)cc2)cc1Br. The van der Waals surface area contributed by atoms with Gasteiger partial charge in [0, 0.05) is 4.47 Å². The first-order valence-electron chi connectivity index (χ1n) is 8.41. The summed E-state index contributed by atoms with van der Waals surface area (Å²) in [5, 5.41) is 0. The van der Waals surface area contributed by atoms with Crippen LogP contribution in [0.2, 0.25) is 19.6 Å². The van der Waals surface area contributed by atoms with Gasteiger partial charge in [0.05, 0.1) is 6.61 Å². The van der Waals surface area contributed by atoms with Crippen LogP contribution >= 0.6 is 15.9 Å². The molecule has 1 nitrogen and oxygen atoms in total. The molecule has 0 saturated heterocycles. The summed E-state index contributed by atoms with van der Waals surface area (Å²) in [6.07, 6.45) is 3.72. The van der Waals surface area contributed by atoms with E-state index in [0.717, 1.165) is 16.8 Å². The Morgan fingerprint density at radius 2 is 1.65 bits per heavy atom. The van der Waals surface area contributed by atoms with Crippen molar-refractivity contribution in [3.63, 3.8) is 0 Å². The van der Waals surface area contributed by atoms with E-state index in [2.05, 4.69) is 78.0 Å². The van der Waals surface area contributed by atoms with E-state index in [1.165, 1.54) is 35.1 Å². The van der Waals surface area contributed by atoms with E-state index in [-0.39, 0.29) is 0 Å². The molecule has 2 aromatic rings. The van der Waals surface area contributed by atoms with Crippen molar-refractivity contribution in [2.75, 3.05) is 0 Å². The van der Waals surface area contributed by atoms with E-state index in [1.54, 1.807) is 0 Å². The minimum absolute atomic E-state index is 0.701. The summed E-state index contributed by atoms with van der Waals surface area (Å²) in [5.41, 5.74) is 5.47. The van der Waals surface area contributed by atoms with E-state index >= 15 is 0 Å². The zero-order valence-corrected chi connectivity index (χ0v) is 16.8. The molecule has 0 aromatic heterocycles. The molecule has 23 heavy (non-hydrogen) atoms. The highest BCUT2D eigenvalue weighted by Gasteiger charge is 2.22. The number of hydrogen-bond donors (Lipinski definition) is 0. The number of hydrogen-bond acceptors (Lipinski definition) is 1. The molecule has 1 saturated carbocycles. The van der Waals surface area contributed by atoms with Crippen molar-refractivity contribution in [2.24, 2.45) is 0 Å². The predicted molar refractivity (Wildman–Crippen MR) is 104 cm³/mol. The first-order chi connectivity index (χ1) is 10.9. The standard InChI is InChI=1S/C20H25BrOSi/c1-23(2,3)22-14-19-9-6-16(13-20(19)21)12-15-4-7-17(8-5-15)18-10-11-18/h4-9,13,18H,10-12,14H2,1-3H3. The summed E-state index contributed by atoms with van der Waals surface area (Å²) in [7, 11) is -1.47. The van der Waals surface area contributed by atoms with Crippen molar-refractivity contribution >= 4 is 24.2 Å². The zero-order valence-electron chi connectivity index (χ0n) is 14.2. The van der Waals surface area contributed by atoms with Crippen molar-refractivity contribution in [1.82, 2.24) is 0 Å². The Morgan fingerprint density at radius 1 is 1.00 bits per heavy atom. The quantitative estimate of drug-likeness (QED) is 0.529. The van der Waals surface area contributed by atoms with E-state index < -0.39 is 8.32 Å². The zero-order chi connectivity index (χ0) is 16.4. The molecule has 1 aliphatic rings. The first-order valence-corrected chi connectivity index (χ1v) is 12.6. The molecule has 2 aromatic carbocycles. The second-order valence-corrected chi connectivity index (χ2v) is 12.9. The van der Waals surface area contributed by atoms with Crippen LogP contribution in [0.4, 0.5) is 0 Å². The maximum absolute atomic E-state index is 6.00. The molecule has 0 heterocycles. The summed E-state index contributed by atoms with van der Waals surface area (Å²) >= 11 is 3.70. The smallest absolute Gasteiger partial charge is 0.184 e. The minimum Gasteiger partial charge on any atom is -0.413 e. The lowest BCUT2D eigenvalue weighted by atomic mass is 10.0. The fourth-order valence-electron chi connectivity index (χ4n) is 2.67. The monoisotopic (exact) mass is 388 g/mol. The van der Waals surface area contributed by atoms with Gasteiger partial charge in [-0.3, -0.25) is 0 Å². The second kappa shape index (κ2) is 6.92. The Balaban J connectivity index is 1.65. The van der Waals surface area contributed by atoms with Gasteiger partial charge in [0.15, 0.2) is 8.32 Å². The van der Waals surface area contributed by atoms with Gasteiger partial charge in [-0.05, 0) is 73.1 Å². The largest absolute Gasteiger partial charge is 0.413 e. The summed E-state index contributed by atoms with van der Waals surface area (Å²) in [6.45, 7) is 7.37. The van der Waals surface area contributed by atoms with Crippen LogP contribution in [0.3, 0.4) is 0 Å². The van der Waals surface area contributed by atoms with Gasteiger partial charge in [-0.15, -0.1) is 0 Å². The van der Waals surface area contributed by atoms with Crippen molar-refractivity contribution in [3.8, 4) is 0 Å². The molecule has 0 bridgehead atoms. The van der Waals surface area contributed by atoms with Gasteiger partial charge in [-0.1, -0.05) is 52.3 Å². The summed E-state index contributed by atoms with van der Waals surface area (Å²) in [6, 6.07) is 15.8. The Hall–Kier alpha value is -0.903. The normalized spacial score (nSPS) is 15.0. The van der Waals surface area contributed by atoms with Gasteiger partial charge in [0.2, 0.25) is 0 Å². The topological polar surface area (TPSA) is 9.23 Å². The molecule has 1 fully saturated rings. The second-order valence-electron chi connectivity index (χ2n) is 7.52. The van der Waals surface area contributed by atoms with Crippen LogP contribution in [0.1, 0.15) is 41.0 Å². The van der Waals surface area contributed by atoms with Gasteiger partial charge < -0.3 is 4.43 Å². The Labute approximate surface area is 149 Å². The molecular formula is C20H25BrOSi. The molecule has 0 radical (unpaired) electrons. The maximum Gasteiger partial charge on any atom is 0.184 e. The van der Waals surface area contributed by atoms with Crippen LogP contribution in [0.15, 0.2) is 46.9 Å². The fraction of sp³-hybridized carbons (Fsp3) is 0.400. The van der Waals surface area contributed by atoms with Crippen LogP contribution < -0.4 is 0 Å². The van der Waals surface area contributed by atoms with Crippen LogP contribution in [0, 0.1) is 0 Å². The van der Waals surface area contributed by atoms with Gasteiger partial charge in [-0.25, -0.2) is 0 Å². The predicted octanol–water partition coefficient (Wildman–Crippen LogP) is 6.27. The van der Waals surface area contributed by atoms with Crippen LogP contribution in [0.25, 0.3) is 0 Å². The Morgan fingerprint density at radius 3 is 2.22 bits per heavy atom. The van der Waals surface area contributed by atoms with Crippen molar-refractivity contribution in [2.45, 2.75) is 51.4 Å². The molecular weight excluding hydrogens is 364 g/mol. The van der Waals surface area contributed by atoms with Crippen LogP contribution in [-0.2, 0) is 17.5 Å². The lowest BCUT2D eigenvalue weighted by Crippen LogP contribution is -2.24. The third kappa shape index (κ3) is 5.03. The average Bonchev–Trinajstić information content (AvgIpc) is 3.31. The highest BCUT2D eigenvalue weighted by atomic mass is 79.9. The van der Waals surface area contributed by atoms with Gasteiger partial charge in [0.25, 0.3) is 0 Å². The number of halogens is 1. The molecule has 122 valence electrons. The van der Waals surface area contributed by atoms with Crippen LogP contribution in [0.5, 0.6) is 0 Å². The Bertz CT molecular complexity index is 669. The number of benzene rings is 2. The average molecular weight is 389 g/mol. The molecule has 0 N–H and O–H groups in total. The van der Waals surface area contributed by atoms with Gasteiger partial charge in [0.1, 0.15) is 0 Å². The molecule has 0 unspecified atom stereocenters. The molecule has 0 aliphatic heterocycles. The summed E-state index contributed by atoms with van der Waals surface area (Å²) < 4.78 is 7.16. The molecule has 0 spiro atoms. The number of rotatable bonds is 6. The summed E-state index contributed by atoms with van der Waals surface area (Å²) in [5.74, 6) is 0.837. The molecule has 1 aliphatic carbocycles. The van der Waals surface area contributed by atoms with Crippen molar-refractivity contribution in [1.29, 1.82) is 0 Å². The molecule has 0 atom stereocenters. The molecule has 3 rings (SSSR count). The fourth-order valence-corrected chi connectivity index (χ4v) is 3.80. The van der Waals surface area contributed by atoms with E-state index in [1.807, 2.05) is 0 Å². The maximum atomic E-state index is 6.00. The van der Waals surface area contributed by atoms with Crippen molar-refractivity contribution in [3.05, 3.63) is 69.2 Å².